The molecule has 1 aliphatic heterocycles. The van der Waals surface area contributed by atoms with Crippen LogP contribution < -0.4 is 11.3 Å². The van der Waals surface area contributed by atoms with E-state index < -0.39 is 42.8 Å². The van der Waals surface area contributed by atoms with Crippen molar-refractivity contribution in [2.75, 3.05) is 12.3 Å². The molecule has 0 saturated carbocycles. The fourth-order valence-electron chi connectivity index (χ4n) is 2.47. The molecule has 0 aromatic carbocycles. The molecule has 11 nitrogen and oxygen atoms in total. The molecule has 0 unspecified atom stereocenters. The average Bonchev–Trinajstić information content (AvgIpc) is 3.01. The quantitative estimate of drug-likeness (QED) is 0.338. The normalized spacial score (nSPS) is 30.0. The van der Waals surface area contributed by atoms with Crippen molar-refractivity contribution in [2.24, 2.45) is 0 Å². The highest BCUT2D eigenvalue weighted by atomic mass is 16.6. The Kier molecular flexibility index (Phi) is 3.58. The van der Waals surface area contributed by atoms with Crippen LogP contribution in [0.3, 0.4) is 0 Å². The van der Waals surface area contributed by atoms with Gasteiger partial charge in [-0.1, -0.05) is 0 Å². The number of imidazole rings is 1. The first kappa shape index (κ1) is 14.9. The highest BCUT2D eigenvalue weighted by molar-refractivity contribution is 5.70. The molecule has 0 radical (unpaired) electrons. The first-order chi connectivity index (χ1) is 10.4. The molecule has 3 rings (SSSR count). The highest BCUT2D eigenvalue weighted by Gasteiger charge is 2.47. The fourth-order valence-corrected chi connectivity index (χ4v) is 2.47. The van der Waals surface area contributed by atoms with E-state index in [0.29, 0.717) is 0 Å². The van der Waals surface area contributed by atoms with Crippen LogP contribution in [0.15, 0.2) is 11.1 Å². The van der Waals surface area contributed by atoms with E-state index >= 15 is 0 Å². The molecule has 2 aromatic heterocycles. The Labute approximate surface area is 122 Å². The van der Waals surface area contributed by atoms with E-state index in [2.05, 4.69) is 15.0 Å². The summed E-state index contributed by atoms with van der Waals surface area (Å²) in [6, 6.07) is 0. The van der Waals surface area contributed by atoms with Crippen molar-refractivity contribution in [3.63, 3.8) is 0 Å². The number of rotatable bonds is 3. The molecule has 0 spiro atoms. The third kappa shape index (κ3) is 2.15. The molecule has 0 amide bonds. The van der Waals surface area contributed by atoms with Crippen molar-refractivity contribution in [3.8, 4) is 0 Å². The zero-order chi connectivity index (χ0) is 16.0. The molecule has 0 aliphatic carbocycles. The number of nitrogens with one attached hydrogen (secondary N) is 1. The summed E-state index contributed by atoms with van der Waals surface area (Å²) in [7, 11) is 0. The SMILES string of the molecule is Nc1nc2c(ncn2[C@@H]2O[C@H]([C@@H](O)CO)[C@@H](O)[C@H]2O)c(=O)[nH]1. The number of aliphatic hydroxyl groups excluding tert-OH is 4. The highest BCUT2D eigenvalue weighted by Crippen LogP contribution is 2.32. The molecule has 1 aliphatic rings. The predicted molar refractivity (Wildman–Crippen MR) is 71.6 cm³/mol. The van der Waals surface area contributed by atoms with E-state index in [1.165, 1.54) is 10.9 Å². The number of nitrogens with two attached hydrogens (primary N) is 1. The van der Waals surface area contributed by atoms with Gasteiger partial charge in [-0.3, -0.25) is 14.3 Å². The molecule has 22 heavy (non-hydrogen) atoms. The van der Waals surface area contributed by atoms with E-state index in [9.17, 15) is 20.1 Å². The maximum atomic E-state index is 11.7. The van der Waals surface area contributed by atoms with Crippen molar-refractivity contribution >= 4 is 17.1 Å². The van der Waals surface area contributed by atoms with Gasteiger partial charge in [0.25, 0.3) is 5.56 Å². The van der Waals surface area contributed by atoms with Crippen molar-refractivity contribution in [3.05, 3.63) is 16.7 Å². The van der Waals surface area contributed by atoms with E-state index in [-0.39, 0.29) is 17.1 Å². The Hall–Kier alpha value is -2.05. The molecule has 1 fully saturated rings. The van der Waals surface area contributed by atoms with Crippen LogP contribution in [0.2, 0.25) is 0 Å². The largest absolute Gasteiger partial charge is 0.394 e. The van der Waals surface area contributed by atoms with Crippen molar-refractivity contribution in [2.45, 2.75) is 30.6 Å². The first-order valence-electron chi connectivity index (χ1n) is 6.47. The van der Waals surface area contributed by atoms with Gasteiger partial charge in [0.05, 0.1) is 12.9 Å². The number of aromatic nitrogens is 4. The molecule has 3 heterocycles. The van der Waals surface area contributed by atoms with Crippen LogP contribution in [0.25, 0.3) is 11.2 Å². The molecule has 1 saturated heterocycles. The topological polar surface area (TPSA) is 180 Å². The Morgan fingerprint density at radius 2 is 2.18 bits per heavy atom. The predicted octanol–water partition coefficient (Wildman–Crippen LogP) is -3.33. The van der Waals surface area contributed by atoms with Gasteiger partial charge in [-0.2, -0.15) is 4.98 Å². The third-order valence-electron chi connectivity index (χ3n) is 3.57. The number of anilines is 1. The second kappa shape index (κ2) is 5.30. The molecular formula is C11H15N5O6. The van der Waals surface area contributed by atoms with Gasteiger partial charge >= 0.3 is 0 Å². The summed E-state index contributed by atoms with van der Waals surface area (Å²) in [6.07, 6.45) is -5.33. The second-order valence-corrected chi connectivity index (χ2v) is 5.00. The zero-order valence-electron chi connectivity index (χ0n) is 11.2. The van der Waals surface area contributed by atoms with Crippen LogP contribution in [-0.2, 0) is 4.74 Å². The minimum absolute atomic E-state index is 0.00866. The van der Waals surface area contributed by atoms with Crippen LogP contribution in [0, 0.1) is 0 Å². The van der Waals surface area contributed by atoms with Crippen molar-refractivity contribution < 1.29 is 25.2 Å². The number of nitrogen functional groups attached to an aromatic ring is 1. The van der Waals surface area contributed by atoms with Gasteiger partial charge < -0.3 is 30.9 Å². The number of hydrogen-bond acceptors (Lipinski definition) is 9. The lowest BCUT2D eigenvalue weighted by atomic mass is 10.1. The van der Waals surface area contributed by atoms with Gasteiger partial charge in [-0.25, -0.2) is 4.98 Å². The van der Waals surface area contributed by atoms with Crippen LogP contribution in [0.4, 0.5) is 5.95 Å². The van der Waals surface area contributed by atoms with Crippen LogP contribution in [0.1, 0.15) is 6.23 Å². The molecule has 2 aromatic rings. The zero-order valence-corrected chi connectivity index (χ0v) is 11.2. The molecule has 5 atom stereocenters. The Bertz CT molecular complexity index is 744. The van der Waals surface area contributed by atoms with E-state index in [1.807, 2.05) is 0 Å². The summed E-state index contributed by atoms with van der Waals surface area (Å²) in [6.45, 7) is -0.642. The number of nitrogens with zero attached hydrogens (tertiary/aromatic N) is 3. The Balaban J connectivity index is 2.03. The lowest BCUT2D eigenvalue weighted by molar-refractivity contribution is -0.0962. The van der Waals surface area contributed by atoms with Gasteiger partial charge in [0.1, 0.15) is 24.4 Å². The standard InChI is InChI=1S/C11H15N5O6/c12-11-14-8-4(9(21)15-11)13-2-16(8)10-6(20)5(19)7(22-10)3(18)1-17/h2-3,5-7,10,17-20H,1H2,(H3,12,14,15,21)/t3-,5-,6+,7+,10+/m0/s1. The number of aliphatic hydroxyl groups is 4. The summed E-state index contributed by atoms with van der Waals surface area (Å²) >= 11 is 0. The van der Waals surface area contributed by atoms with Gasteiger partial charge in [-0.05, 0) is 0 Å². The lowest BCUT2D eigenvalue weighted by Crippen LogP contribution is -2.40. The van der Waals surface area contributed by atoms with E-state index in [1.54, 1.807) is 0 Å². The molecule has 120 valence electrons. The maximum Gasteiger partial charge on any atom is 0.280 e. The summed E-state index contributed by atoms with van der Waals surface area (Å²) in [5, 5.41) is 38.5. The molecular weight excluding hydrogens is 298 g/mol. The minimum Gasteiger partial charge on any atom is -0.394 e. The number of H-pyrrole nitrogens is 1. The first-order valence-corrected chi connectivity index (χ1v) is 6.47. The smallest absolute Gasteiger partial charge is 0.280 e. The number of ether oxygens (including phenoxy) is 1. The molecule has 11 heteroatoms. The lowest BCUT2D eigenvalue weighted by Gasteiger charge is -2.18. The maximum absolute atomic E-state index is 11.7. The average molecular weight is 313 g/mol. The molecule has 0 bridgehead atoms. The Morgan fingerprint density at radius 1 is 1.45 bits per heavy atom. The number of hydrogen-bond donors (Lipinski definition) is 6. The van der Waals surface area contributed by atoms with E-state index in [4.69, 9.17) is 15.6 Å². The summed E-state index contributed by atoms with van der Waals surface area (Å²) in [5.74, 6) is -0.140. The monoisotopic (exact) mass is 313 g/mol. The van der Waals surface area contributed by atoms with Crippen LogP contribution in [0.5, 0.6) is 0 Å². The van der Waals surface area contributed by atoms with Gasteiger partial charge in [0, 0.05) is 0 Å². The summed E-state index contributed by atoms with van der Waals surface area (Å²) in [5.41, 5.74) is 4.98. The second-order valence-electron chi connectivity index (χ2n) is 5.00. The minimum atomic E-state index is -1.43. The third-order valence-corrected chi connectivity index (χ3v) is 3.57. The van der Waals surface area contributed by atoms with Crippen LogP contribution in [-0.4, -0.2) is 71.0 Å². The van der Waals surface area contributed by atoms with Crippen LogP contribution >= 0.6 is 0 Å². The van der Waals surface area contributed by atoms with Gasteiger partial charge in [-0.15, -0.1) is 0 Å². The molecule has 7 N–H and O–H groups in total. The number of fused-ring (bicyclic) bond motifs is 1. The van der Waals surface area contributed by atoms with Crippen molar-refractivity contribution in [1.82, 2.24) is 19.5 Å². The number of aromatic amines is 1. The summed E-state index contributed by atoms with van der Waals surface area (Å²) in [4.78, 5) is 21.8. The fraction of sp³-hybridized carbons (Fsp3) is 0.545. The summed E-state index contributed by atoms with van der Waals surface area (Å²) < 4.78 is 6.63. The van der Waals surface area contributed by atoms with E-state index in [0.717, 1.165) is 0 Å². The van der Waals surface area contributed by atoms with Crippen molar-refractivity contribution in [1.29, 1.82) is 0 Å². The van der Waals surface area contributed by atoms with Gasteiger partial charge in [0.15, 0.2) is 17.4 Å². The van der Waals surface area contributed by atoms with Gasteiger partial charge in [0.2, 0.25) is 5.95 Å². The Morgan fingerprint density at radius 3 is 2.86 bits per heavy atom.